The normalized spacial score (nSPS) is 17.9. The summed E-state index contributed by atoms with van der Waals surface area (Å²) in [6.07, 6.45) is 13.6. The summed E-state index contributed by atoms with van der Waals surface area (Å²) in [4.78, 5) is 24.6. The summed E-state index contributed by atoms with van der Waals surface area (Å²) in [5, 5.41) is 0. The number of benzene rings is 2. The minimum atomic E-state index is -0.474. The van der Waals surface area contributed by atoms with Crippen LogP contribution in [-0.2, 0) is 20.9 Å². The zero-order valence-electron chi connectivity index (χ0n) is 20.7. The van der Waals surface area contributed by atoms with E-state index in [1.807, 2.05) is 0 Å². The van der Waals surface area contributed by atoms with E-state index in [9.17, 15) is 9.59 Å². The second-order valence-corrected chi connectivity index (χ2v) is 9.46. The molecule has 0 bridgehead atoms. The lowest BCUT2D eigenvalue weighted by atomic mass is 9.80. The van der Waals surface area contributed by atoms with Crippen LogP contribution in [0.25, 0.3) is 6.08 Å². The molecule has 0 aliphatic heterocycles. The van der Waals surface area contributed by atoms with Crippen LogP contribution < -0.4 is 16.2 Å². The second kappa shape index (κ2) is 13.6. The fraction of sp³-hybridized carbons (Fsp3) is 0.448. The Hall–Kier alpha value is -3.28. The molecule has 188 valence electrons. The Morgan fingerprint density at radius 1 is 0.971 bits per heavy atom. The average Bonchev–Trinajstić information content (AvgIpc) is 2.86. The van der Waals surface area contributed by atoms with E-state index in [4.69, 9.17) is 20.9 Å². The van der Waals surface area contributed by atoms with Gasteiger partial charge >= 0.3 is 11.9 Å². The molecule has 0 heterocycles. The highest BCUT2D eigenvalue weighted by Crippen LogP contribution is 2.33. The van der Waals surface area contributed by atoms with Crippen LogP contribution in [0.2, 0.25) is 0 Å². The van der Waals surface area contributed by atoms with Crippen LogP contribution in [0.5, 0.6) is 5.75 Å². The number of hydrogen-bond acceptors (Lipinski definition) is 6. The van der Waals surface area contributed by atoms with Crippen molar-refractivity contribution < 1.29 is 19.1 Å². The lowest BCUT2D eigenvalue weighted by Gasteiger charge is -2.27. The van der Waals surface area contributed by atoms with Crippen molar-refractivity contribution in [2.75, 3.05) is 11.5 Å². The zero-order valence-corrected chi connectivity index (χ0v) is 20.7. The Balaban J connectivity index is 1.39. The van der Waals surface area contributed by atoms with Gasteiger partial charge in [0.05, 0.1) is 5.92 Å². The zero-order chi connectivity index (χ0) is 25.0. The summed E-state index contributed by atoms with van der Waals surface area (Å²) in [5.74, 6) is 0.667. The molecule has 6 nitrogen and oxygen atoms in total. The first-order chi connectivity index (χ1) is 16.9. The molecule has 0 atom stereocenters. The van der Waals surface area contributed by atoms with Gasteiger partial charge in [-0.25, -0.2) is 4.79 Å². The van der Waals surface area contributed by atoms with Crippen LogP contribution in [0.3, 0.4) is 0 Å². The molecule has 1 aliphatic rings. The second-order valence-electron chi connectivity index (χ2n) is 9.46. The van der Waals surface area contributed by atoms with Gasteiger partial charge in [-0.15, -0.1) is 0 Å². The van der Waals surface area contributed by atoms with Gasteiger partial charge in [-0.3, -0.25) is 4.79 Å². The molecule has 1 saturated carbocycles. The Bertz CT molecular complexity index is 992. The average molecular weight is 479 g/mol. The lowest BCUT2D eigenvalue weighted by molar-refractivity contribution is -0.140. The number of unbranched alkanes of at least 4 members (excludes halogenated alkanes) is 3. The smallest absolute Gasteiger partial charge is 0.331 e. The molecular formula is C29H38N2O4. The monoisotopic (exact) mass is 478 g/mol. The first-order valence-corrected chi connectivity index (χ1v) is 12.7. The van der Waals surface area contributed by atoms with E-state index in [1.165, 1.54) is 38.2 Å². The fourth-order valence-electron chi connectivity index (χ4n) is 4.50. The first-order valence-electron chi connectivity index (χ1n) is 12.7. The number of ether oxygens (including phenoxy) is 2. The van der Waals surface area contributed by atoms with Crippen molar-refractivity contribution in [2.24, 2.45) is 11.8 Å². The van der Waals surface area contributed by atoms with Gasteiger partial charge in [0.15, 0.2) is 0 Å². The number of carbonyl (C=O) groups is 2. The third-order valence-electron chi connectivity index (χ3n) is 6.70. The van der Waals surface area contributed by atoms with Crippen LogP contribution >= 0.6 is 0 Å². The standard InChI is InChI=1S/C29H38N2O4/c1-2-3-4-5-6-21-7-12-23(13-8-21)29(33)35-26-16-9-22(10-17-26)11-18-28(32)34-20-24-14-15-25(30)19-27(24)31/h9-11,14-19,21,23H,2-8,12-13,20,30-31H2,1H3. The Morgan fingerprint density at radius 2 is 1.71 bits per heavy atom. The van der Waals surface area contributed by atoms with Gasteiger partial charge in [0.25, 0.3) is 0 Å². The van der Waals surface area contributed by atoms with E-state index in [2.05, 4.69) is 6.92 Å². The van der Waals surface area contributed by atoms with E-state index >= 15 is 0 Å². The van der Waals surface area contributed by atoms with Gasteiger partial charge in [-0.2, -0.15) is 0 Å². The molecule has 35 heavy (non-hydrogen) atoms. The van der Waals surface area contributed by atoms with Crippen molar-refractivity contribution in [2.45, 2.75) is 71.3 Å². The van der Waals surface area contributed by atoms with Gasteiger partial charge < -0.3 is 20.9 Å². The minimum absolute atomic E-state index is 0.00803. The molecule has 0 unspecified atom stereocenters. The van der Waals surface area contributed by atoms with Crippen molar-refractivity contribution >= 4 is 29.4 Å². The Morgan fingerprint density at radius 3 is 2.40 bits per heavy atom. The predicted octanol–water partition coefficient (Wildman–Crippen LogP) is 6.29. The molecule has 2 aromatic rings. The SMILES string of the molecule is CCCCCCC1CCC(C(=O)Oc2ccc(C=CC(=O)OCc3ccc(N)cc3N)cc2)CC1. The van der Waals surface area contributed by atoms with Crippen molar-refractivity contribution in [3.8, 4) is 5.75 Å². The van der Waals surface area contributed by atoms with Gasteiger partial charge in [0, 0.05) is 23.0 Å². The maximum atomic E-state index is 12.6. The van der Waals surface area contributed by atoms with Crippen molar-refractivity contribution in [3.05, 3.63) is 59.7 Å². The maximum absolute atomic E-state index is 12.6. The molecule has 2 aromatic carbocycles. The molecule has 4 N–H and O–H groups in total. The van der Waals surface area contributed by atoms with E-state index in [0.717, 1.165) is 37.2 Å². The van der Waals surface area contributed by atoms with Gasteiger partial charge in [0.1, 0.15) is 12.4 Å². The molecule has 0 radical (unpaired) electrons. The van der Waals surface area contributed by atoms with Crippen LogP contribution in [0, 0.1) is 11.8 Å². The van der Waals surface area contributed by atoms with E-state index in [0.29, 0.717) is 22.7 Å². The molecule has 1 aliphatic carbocycles. The maximum Gasteiger partial charge on any atom is 0.331 e. The lowest BCUT2D eigenvalue weighted by Crippen LogP contribution is -2.25. The summed E-state index contributed by atoms with van der Waals surface area (Å²) >= 11 is 0. The van der Waals surface area contributed by atoms with Crippen molar-refractivity contribution in [1.82, 2.24) is 0 Å². The van der Waals surface area contributed by atoms with Crippen LogP contribution in [0.4, 0.5) is 11.4 Å². The highest BCUT2D eigenvalue weighted by atomic mass is 16.5. The molecule has 3 rings (SSSR count). The number of esters is 2. The first kappa shape index (κ1) is 26.3. The van der Waals surface area contributed by atoms with Gasteiger partial charge in [0.2, 0.25) is 0 Å². The third kappa shape index (κ3) is 8.78. The number of hydrogen-bond donors (Lipinski definition) is 2. The van der Waals surface area contributed by atoms with E-state index in [1.54, 1.807) is 48.5 Å². The van der Waals surface area contributed by atoms with Crippen LogP contribution in [0.1, 0.15) is 75.8 Å². The summed E-state index contributed by atoms with van der Waals surface area (Å²) in [6, 6.07) is 12.2. The van der Waals surface area contributed by atoms with E-state index in [-0.39, 0.29) is 18.5 Å². The number of rotatable bonds is 11. The summed E-state index contributed by atoms with van der Waals surface area (Å²) in [6.45, 7) is 2.31. The topological polar surface area (TPSA) is 105 Å². The molecule has 0 spiro atoms. The number of anilines is 2. The van der Waals surface area contributed by atoms with Crippen LogP contribution in [-0.4, -0.2) is 11.9 Å². The summed E-state index contributed by atoms with van der Waals surface area (Å²) in [5.41, 5.74) is 14.1. The molecule has 0 aromatic heterocycles. The number of nitrogen functional groups attached to an aromatic ring is 2. The highest BCUT2D eigenvalue weighted by molar-refractivity contribution is 5.87. The molecule has 1 fully saturated rings. The summed E-state index contributed by atoms with van der Waals surface area (Å²) in [7, 11) is 0. The third-order valence-corrected chi connectivity index (χ3v) is 6.70. The van der Waals surface area contributed by atoms with Crippen LogP contribution in [0.15, 0.2) is 48.5 Å². The fourth-order valence-corrected chi connectivity index (χ4v) is 4.50. The van der Waals surface area contributed by atoms with Crippen molar-refractivity contribution in [3.63, 3.8) is 0 Å². The van der Waals surface area contributed by atoms with Gasteiger partial charge in [-0.1, -0.05) is 57.2 Å². The quantitative estimate of drug-likeness (QED) is 0.129. The molecule has 0 saturated heterocycles. The minimum Gasteiger partial charge on any atom is -0.458 e. The number of carbonyl (C=O) groups excluding carboxylic acids is 2. The molecular weight excluding hydrogens is 440 g/mol. The van der Waals surface area contributed by atoms with Crippen molar-refractivity contribution in [1.29, 1.82) is 0 Å². The molecule has 6 heteroatoms. The Labute approximate surface area is 208 Å². The number of nitrogens with two attached hydrogens (primary N) is 2. The Kier molecular flexibility index (Phi) is 10.2. The van der Waals surface area contributed by atoms with E-state index < -0.39 is 5.97 Å². The highest BCUT2D eigenvalue weighted by Gasteiger charge is 2.27. The largest absolute Gasteiger partial charge is 0.458 e. The predicted molar refractivity (Wildman–Crippen MR) is 140 cm³/mol. The molecule has 0 amide bonds. The summed E-state index contributed by atoms with van der Waals surface area (Å²) < 4.78 is 10.9. The van der Waals surface area contributed by atoms with Gasteiger partial charge in [-0.05, 0) is 67.5 Å².